The number of amides is 2. The first-order valence-electron chi connectivity index (χ1n) is 7.14. The second-order valence-electron chi connectivity index (χ2n) is 6.49. The molecule has 0 radical (unpaired) electrons. The number of ketones is 1. The molecule has 5 nitrogen and oxygen atoms in total. The van der Waals surface area contributed by atoms with Gasteiger partial charge in [0.15, 0.2) is 5.78 Å². The number of carbonyl (C=O) groups is 3. The minimum absolute atomic E-state index is 0.0322. The van der Waals surface area contributed by atoms with E-state index in [0.29, 0.717) is 6.42 Å². The monoisotopic (exact) mass is 284 g/mol. The topological polar surface area (TPSA) is 75.3 Å². The summed E-state index contributed by atoms with van der Waals surface area (Å²) in [5, 5.41) is 5.38. The lowest BCUT2D eigenvalue weighted by atomic mass is 9.87. The van der Waals surface area contributed by atoms with Crippen LogP contribution >= 0.6 is 0 Å². The Balaban J connectivity index is 4.77. The standard InChI is InChI=1S/C15H28N2O3/c1-8-11(18)17-12(9(2)3)14(20)16-10(4)13(19)15(5,6)7/h9-10,12H,8H2,1-7H3,(H,16,20)(H,17,18)/t10-,12?/m0/s1. The number of rotatable bonds is 6. The highest BCUT2D eigenvalue weighted by molar-refractivity contribution is 5.94. The fourth-order valence-electron chi connectivity index (χ4n) is 1.83. The molecular formula is C15H28N2O3. The largest absolute Gasteiger partial charge is 0.345 e. The highest BCUT2D eigenvalue weighted by Crippen LogP contribution is 2.16. The highest BCUT2D eigenvalue weighted by atomic mass is 16.2. The van der Waals surface area contributed by atoms with E-state index in [1.54, 1.807) is 13.8 Å². The van der Waals surface area contributed by atoms with Crippen molar-refractivity contribution >= 4 is 17.6 Å². The molecule has 0 aliphatic heterocycles. The molecule has 0 heterocycles. The molecule has 1 unspecified atom stereocenters. The zero-order chi connectivity index (χ0) is 16.1. The molecule has 2 atom stereocenters. The third-order valence-corrected chi connectivity index (χ3v) is 3.08. The zero-order valence-electron chi connectivity index (χ0n) is 13.7. The lowest BCUT2D eigenvalue weighted by Gasteiger charge is -2.26. The Labute approximate surface area is 121 Å². The number of carbonyl (C=O) groups excluding carboxylic acids is 3. The molecule has 0 aromatic rings. The van der Waals surface area contributed by atoms with Gasteiger partial charge in [-0.1, -0.05) is 41.5 Å². The van der Waals surface area contributed by atoms with Gasteiger partial charge in [0.25, 0.3) is 0 Å². The fourth-order valence-corrected chi connectivity index (χ4v) is 1.83. The van der Waals surface area contributed by atoms with Crippen LogP contribution in [0.2, 0.25) is 0 Å². The van der Waals surface area contributed by atoms with Crippen molar-refractivity contribution in [3.05, 3.63) is 0 Å². The zero-order valence-corrected chi connectivity index (χ0v) is 13.7. The quantitative estimate of drug-likeness (QED) is 0.779. The normalized spacial score (nSPS) is 14.6. The summed E-state index contributed by atoms with van der Waals surface area (Å²) in [6.07, 6.45) is 0.326. The molecule has 0 aliphatic carbocycles. The number of Topliss-reactive ketones (excluding diaryl/α,β-unsaturated/α-hetero) is 1. The van der Waals surface area contributed by atoms with Crippen LogP contribution in [0.5, 0.6) is 0 Å². The molecule has 0 saturated heterocycles. The van der Waals surface area contributed by atoms with E-state index >= 15 is 0 Å². The summed E-state index contributed by atoms with van der Waals surface area (Å²) in [5.74, 6) is -0.557. The maximum absolute atomic E-state index is 12.2. The van der Waals surface area contributed by atoms with Gasteiger partial charge in [-0.05, 0) is 12.8 Å². The van der Waals surface area contributed by atoms with Crippen LogP contribution in [-0.4, -0.2) is 29.7 Å². The van der Waals surface area contributed by atoms with Crippen LogP contribution in [0.15, 0.2) is 0 Å². The maximum Gasteiger partial charge on any atom is 0.243 e. The second kappa shape index (κ2) is 7.41. The van der Waals surface area contributed by atoms with E-state index in [4.69, 9.17) is 0 Å². The van der Waals surface area contributed by atoms with Crippen LogP contribution in [0.25, 0.3) is 0 Å². The van der Waals surface area contributed by atoms with Gasteiger partial charge >= 0.3 is 0 Å². The molecule has 0 rings (SSSR count). The number of hydrogen-bond acceptors (Lipinski definition) is 3. The van der Waals surface area contributed by atoms with Gasteiger partial charge in [0.1, 0.15) is 6.04 Å². The summed E-state index contributed by atoms with van der Waals surface area (Å²) in [6, 6.07) is -1.18. The Morgan fingerprint density at radius 1 is 1.00 bits per heavy atom. The minimum atomic E-state index is -0.613. The van der Waals surface area contributed by atoms with Gasteiger partial charge in [-0.25, -0.2) is 0 Å². The van der Waals surface area contributed by atoms with Crippen molar-refractivity contribution in [2.45, 2.75) is 67.0 Å². The van der Waals surface area contributed by atoms with Crippen molar-refractivity contribution in [3.63, 3.8) is 0 Å². The Kier molecular flexibility index (Phi) is 6.89. The van der Waals surface area contributed by atoms with Crippen LogP contribution in [-0.2, 0) is 14.4 Å². The smallest absolute Gasteiger partial charge is 0.243 e. The lowest BCUT2D eigenvalue weighted by Crippen LogP contribution is -2.54. The van der Waals surface area contributed by atoms with Crippen molar-refractivity contribution < 1.29 is 14.4 Å². The van der Waals surface area contributed by atoms with E-state index in [1.807, 2.05) is 34.6 Å². The predicted molar refractivity (Wildman–Crippen MR) is 79.1 cm³/mol. The fraction of sp³-hybridized carbons (Fsp3) is 0.800. The molecular weight excluding hydrogens is 256 g/mol. The van der Waals surface area contributed by atoms with Crippen molar-refractivity contribution in [3.8, 4) is 0 Å². The van der Waals surface area contributed by atoms with E-state index < -0.39 is 17.5 Å². The van der Waals surface area contributed by atoms with Crippen molar-refractivity contribution in [1.29, 1.82) is 0 Å². The van der Waals surface area contributed by atoms with Gasteiger partial charge in [0.2, 0.25) is 11.8 Å². The van der Waals surface area contributed by atoms with Crippen LogP contribution < -0.4 is 10.6 Å². The first-order chi connectivity index (χ1) is 9.00. The molecule has 2 amide bonds. The third-order valence-electron chi connectivity index (χ3n) is 3.08. The molecule has 0 fully saturated rings. The summed E-state index contributed by atoms with van der Waals surface area (Å²) in [7, 11) is 0. The summed E-state index contributed by atoms with van der Waals surface area (Å²) < 4.78 is 0. The Morgan fingerprint density at radius 3 is 1.85 bits per heavy atom. The summed E-state index contributed by atoms with van der Waals surface area (Å²) in [5.41, 5.74) is -0.507. The Morgan fingerprint density at radius 2 is 1.50 bits per heavy atom. The van der Waals surface area contributed by atoms with Gasteiger partial charge in [0.05, 0.1) is 6.04 Å². The van der Waals surface area contributed by atoms with Gasteiger partial charge in [-0.3, -0.25) is 14.4 Å². The molecule has 5 heteroatoms. The average Bonchev–Trinajstić information content (AvgIpc) is 2.32. The molecule has 116 valence electrons. The van der Waals surface area contributed by atoms with Gasteiger partial charge < -0.3 is 10.6 Å². The molecule has 0 aliphatic rings. The molecule has 0 aromatic carbocycles. The van der Waals surface area contributed by atoms with Crippen LogP contribution in [0.3, 0.4) is 0 Å². The van der Waals surface area contributed by atoms with Gasteiger partial charge in [0, 0.05) is 11.8 Å². The van der Waals surface area contributed by atoms with E-state index in [0.717, 1.165) is 0 Å². The van der Waals surface area contributed by atoms with E-state index in [-0.39, 0.29) is 23.5 Å². The maximum atomic E-state index is 12.2. The molecule has 0 saturated carbocycles. The van der Waals surface area contributed by atoms with Crippen LogP contribution in [0.1, 0.15) is 54.9 Å². The Bertz CT molecular complexity index is 370. The molecule has 20 heavy (non-hydrogen) atoms. The molecule has 2 N–H and O–H groups in total. The second-order valence-corrected chi connectivity index (χ2v) is 6.49. The summed E-state index contributed by atoms with van der Waals surface area (Å²) in [6.45, 7) is 12.6. The first kappa shape index (κ1) is 18.6. The minimum Gasteiger partial charge on any atom is -0.345 e. The predicted octanol–water partition coefficient (Wildman–Crippen LogP) is 1.66. The van der Waals surface area contributed by atoms with Crippen LogP contribution in [0, 0.1) is 11.3 Å². The molecule has 0 bridgehead atoms. The van der Waals surface area contributed by atoms with E-state index in [9.17, 15) is 14.4 Å². The van der Waals surface area contributed by atoms with Crippen molar-refractivity contribution in [2.75, 3.05) is 0 Å². The van der Waals surface area contributed by atoms with E-state index in [2.05, 4.69) is 10.6 Å². The summed E-state index contributed by atoms with van der Waals surface area (Å²) >= 11 is 0. The summed E-state index contributed by atoms with van der Waals surface area (Å²) in [4.78, 5) is 35.7. The lowest BCUT2D eigenvalue weighted by molar-refractivity contribution is -0.134. The average molecular weight is 284 g/mol. The van der Waals surface area contributed by atoms with Gasteiger partial charge in [-0.2, -0.15) is 0 Å². The first-order valence-corrected chi connectivity index (χ1v) is 7.14. The van der Waals surface area contributed by atoms with E-state index in [1.165, 1.54) is 0 Å². The van der Waals surface area contributed by atoms with Gasteiger partial charge in [-0.15, -0.1) is 0 Å². The Hall–Kier alpha value is -1.39. The number of hydrogen-bond donors (Lipinski definition) is 2. The SMILES string of the molecule is CCC(=O)NC(C(=O)N[C@@H](C)C(=O)C(C)(C)C)C(C)C. The molecule has 0 aromatic heterocycles. The third kappa shape index (κ3) is 5.72. The molecule has 0 spiro atoms. The highest BCUT2D eigenvalue weighted by Gasteiger charge is 2.30. The van der Waals surface area contributed by atoms with Crippen LogP contribution in [0.4, 0.5) is 0 Å². The van der Waals surface area contributed by atoms with Crippen molar-refractivity contribution in [1.82, 2.24) is 10.6 Å². The number of nitrogens with one attached hydrogen (secondary N) is 2. The van der Waals surface area contributed by atoms with Crippen molar-refractivity contribution in [2.24, 2.45) is 11.3 Å².